The van der Waals surface area contributed by atoms with Crippen molar-refractivity contribution in [2.24, 2.45) is 0 Å². The van der Waals surface area contributed by atoms with Crippen LogP contribution in [0.15, 0.2) is 47.5 Å². The van der Waals surface area contributed by atoms with Crippen LogP contribution in [0.2, 0.25) is 0 Å². The van der Waals surface area contributed by atoms with Crippen LogP contribution in [0.5, 0.6) is 0 Å². The monoisotopic (exact) mass is 390 g/mol. The summed E-state index contributed by atoms with van der Waals surface area (Å²) in [5, 5.41) is 16.7. The lowest BCUT2D eigenvalue weighted by Gasteiger charge is -2.11. The molecule has 0 aliphatic rings. The second-order valence-electron chi connectivity index (χ2n) is 4.95. The van der Waals surface area contributed by atoms with Crippen LogP contribution in [-0.2, 0) is 9.84 Å². The first kappa shape index (κ1) is 19.4. The van der Waals surface area contributed by atoms with Gasteiger partial charge in [0.05, 0.1) is 9.82 Å². The van der Waals surface area contributed by atoms with E-state index < -0.39 is 30.9 Å². The molecule has 0 atom stereocenters. The molecule has 2 rings (SSSR count). The Bertz CT molecular complexity index is 889. The number of sulfone groups is 1. The number of aromatic nitrogens is 1. The van der Waals surface area contributed by atoms with Crippen LogP contribution in [-0.4, -0.2) is 36.9 Å². The number of benzene rings is 1. The minimum absolute atomic E-state index is 0.0982. The summed E-state index contributed by atoms with van der Waals surface area (Å²) in [6, 6.07) is 7.18. The summed E-state index contributed by atoms with van der Waals surface area (Å²) < 4.78 is 60.5. The molecule has 0 radical (unpaired) electrons. The Morgan fingerprint density at radius 2 is 1.81 bits per heavy atom. The number of pyridine rings is 1. The van der Waals surface area contributed by atoms with Gasteiger partial charge in [-0.15, -0.1) is 0 Å². The van der Waals surface area contributed by atoms with Gasteiger partial charge in [-0.3, -0.25) is 10.1 Å². The SMILES string of the molecule is O=[N+]([O-])c1cc(S(=O)(=O)C(F)(F)F)ccc1NCCNc1ccccn1. The summed E-state index contributed by atoms with van der Waals surface area (Å²) in [7, 11) is -5.66. The molecular weight excluding hydrogens is 377 g/mol. The van der Waals surface area contributed by atoms with Gasteiger partial charge in [0.25, 0.3) is 15.5 Å². The van der Waals surface area contributed by atoms with Crippen LogP contribution >= 0.6 is 0 Å². The zero-order valence-corrected chi connectivity index (χ0v) is 13.8. The smallest absolute Gasteiger partial charge is 0.378 e. The lowest BCUT2D eigenvalue weighted by atomic mass is 10.2. The average molecular weight is 390 g/mol. The topological polar surface area (TPSA) is 114 Å². The van der Waals surface area contributed by atoms with Crippen molar-refractivity contribution in [3.05, 3.63) is 52.7 Å². The molecule has 8 nitrogen and oxygen atoms in total. The molecule has 0 bridgehead atoms. The Balaban J connectivity index is 2.13. The van der Waals surface area contributed by atoms with Gasteiger partial charge in [-0.2, -0.15) is 13.2 Å². The summed E-state index contributed by atoms with van der Waals surface area (Å²) in [6.45, 7) is 0.500. The van der Waals surface area contributed by atoms with Crippen molar-refractivity contribution in [1.29, 1.82) is 0 Å². The average Bonchev–Trinajstić information content (AvgIpc) is 2.58. The summed E-state index contributed by atoms with van der Waals surface area (Å²) >= 11 is 0. The Hall–Kier alpha value is -2.89. The molecule has 0 unspecified atom stereocenters. The number of halogens is 3. The van der Waals surface area contributed by atoms with Crippen molar-refractivity contribution >= 4 is 27.0 Å². The quantitative estimate of drug-likeness (QED) is 0.424. The van der Waals surface area contributed by atoms with Crippen molar-refractivity contribution in [2.75, 3.05) is 23.7 Å². The zero-order chi connectivity index (χ0) is 19.4. The lowest BCUT2D eigenvalue weighted by molar-refractivity contribution is -0.384. The fourth-order valence-electron chi connectivity index (χ4n) is 1.97. The number of nitrogens with zero attached hydrogens (tertiary/aromatic N) is 2. The third-order valence-electron chi connectivity index (χ3n) is 3.19. The molecular formula is C14H13F3N4O4S. The number of nitrogens with one attached hydrogen (secondary N) is 2. The van der Waals surface area contributed by atoms with Crippen LogP contribution in [0.25, 0.3) is 0 Å². The maximum Gasteiger partial charge on any atom is 0.501 e. The molecule has 140 valence electrons. The molecule has 0 aliphatic carbocycles. The molecule has 2 aromatic rings. The van der Waals surface area contributed by atoms with Crippen LogP contribution in [0.1, 0.15) is 0 Å². The van der Waals surface area contributed by atoms with Crippen LogP contribution in [0, 0.1) is 10.1 Å². The van der Waals surface area contributed by atoms with E-state index in [1.54, 1.807) is 24.4 Å². The number of hydrogen-bond donors (Lipinski definition) is 2. The van der Waals surface area contributed by atoms with Gasteiger partial charge >= 0.3 is 5.51 Å². The Morgan fingerprint density at radius 3 is 2.38 bits per heavy atom. The predicted molar refractivity (Wildman–Crippen MR) is 87.6 cm³/mol. The molecule has 0 spiro atoms. The first-order valence-corrected chi connectivity index (χ1v) is 8.60. The van der Waals surface area contributed by atoms with E-state index in [9.17, 15) is 31.7 Å². The molecule has 0 aliphatic heterocycles. The highest BCUT2D eigenvalue weighted by Gasteiger charge is 2.47. The highest BCUT2D eigenvalue weighted by molar-refractivity contribution is 7.92. The molecule has 1 heterocycles. The zero-order valence-electron chi connectivity index (χ0n) is 13.0. The molecule has 26 heavy (non-hydrogen) atoms. The molecule has 2 N–H and O–H groups in total. The third-order valence-corrected chi connectivity index (χ3v) is 4.68. The van der Waals surface area contributed by atoms with E-state index in [2.05, 4.69) is 15.6 Å². The van der Waals surface area contributed by atoms with E-state index in [0.717, 1.165) is 6.07 Å². The summed E-state index contributed by atoms with van der Waals surface area (Å²) in [5.74, 6) is 0.579. The van der Waals surface area contributed by atoms with E-state index in [0.29, 0.717) is 24.5 Å². The van der Waals surface area contributed by atoms with Gasteiger partial charge in [0.2, 0.25) is 0 Å². The van der Waals surface area contributed by atoms with Gasteiger partial charge in [-0.05, 0) is 24.3 Å². The van der Waals surface area contributed by atoms with Crippen LogP contribution in [0.4, 0.5) is 30.4 Å². The maximum atomic E-state index is 12.6. The Kier molecular flexibility index (Phi) is 5.65. The van der Waals surface area contributed by atoms with Crippen LogP contribution in [0.3, 0.4) is 0 Å². The summed E-state index contributed by atoms with van der Waals surface area (Å²) in [4.78, 5) is 12.9. The van der Waals surface area contributed by atoms with E-state index in [1.807, 2.05) is 0 Å². The molecule has 0 amide bonds. The fraction of sp³-hybridized carbons (Fsp3) is 0.214. The summed E-state index contributed by atoms with van der Waals surface area (Å²) in [5.41, 5.74) is -6.41. The van der Waals surface area contributed by atoms with Gasteiger partial charge in [0.1, 0.15) is 11.5 Å². The molecule has 0 fully saturated rings. The van der Waals surface area contributed by atoms with Crippen molar-refractivity contribution in [2.45, 2.75) is 10.4 Å². The normalized spacial score (nSPS) is 11.8. The molecule has 1 aromatic carbocycles. The second kappa shape index (κ2) is 7.56. The first-order chi connectivity index (χ1) is 12.1. The van der Waals surface area contributed by atoms with E-state index in [-0.39, 0.29) is 12.2 Å². The van der Waals surface area contributed by atoms with Crippen LogP contribution < -0.4 is 10.6 Å². The van der Waals surface area contributed by atoms with E-state index >= 15 is 0 Å². The van der Waals surface area contributed by atoms with Gasteiger partial charge in [0.15, 0.2) is 0 Å². The van der Waals surface area contributed by atoms with Crippen molar-refractivity contribution in [3.8, 4) is 0 Å². The number of nitro benzene ring substituents is 1. The Labute approximate surface area is 146 Å². The molecule has 0 saturated carbocycles. The third kappa shape index (κ3) is 4.39. The minimum atomic E-state index is -5.66. The fourth-order valence-corrected chi connectivity index (χ4v) is 2.75. The highest BCUT2D eigenvalue weighted by Crippen LogP contribution is 2.34. The largest absolute Gasteiger partial charge is 0.501 e. The van der Waals surface area contributed by atoms with E-state index in [1.165, 1.54) is 0 Å². The van der Waals surface area contributed by atoms with Crippen molar-refractivity contribution < 1.29 is 26.5 Å². The van der Waals surface area contributed by atoms with Gasteiger partial charge in [0, 0.05) is 25.4 Å². The van der Waals surface area contributed by atoms with E-state index in [4.69, 9.17) is 0 Å². The van der Waals surface area contributed by atoms with Gasteiger partial charge in [-0.1, -0.05) is 6.07 Å². The standard InChI is InChI=1S/C14H13F3N4O4S/c15-14(16,17)26(24,25)10-4-5-11(12(9-10)21(22)23)18-7-8-20-13-3-1-2-6-19-13/h1-6,9,18H,7-8H2,(H,19,20). The van der Waals surface area contributed by atoms with Crippen molar-refractivity contribution in [3.63, 3.8) is 0 Å². The van der Waals surface area contributed by atoms with Gasteiger partial charge in [-0.25, -0.2) is 13.4 Å². The highest BCUT2D eigenvalue weighted by atomic mass is 32.2. The number of alkyl halides is 3. The number of anilines is 2. The molecule has 12 heteroatoms. The van der Waals surface area contributed by atoms with Gasteiger partial charge < -0.3 is 10.6 Å². The number of hydrogen-bond acceptors (Lipinski definition) is 7. The predicted octanol–water partition coefficient (Wildman–Crippen LogP) is 2.81. The minimum Gasteiger partial charge on any atom is -0.378 e. The maximum absolute atomic E-state index is 12.6. The Morgan fingerprint density at radius 1 is 1.12 bits per heavy atom. The molecule has 1 aromatic heterocycles. The number of nitro groups is 1. The second-order valence-corrected chi connectivity index (χ2v) is 6.89. The summed E-state index contributed by atoms with van der Waals surface area (Å²) in [6.07, 6.45) is 1.57. The molecule has 0 saturated heterocycles. The first-order valence-electron chi connectivity index (χ1n) is 7.11. The lowest BCUT2D eigenvalue weighted by Crippen LogP contribution is -2.23. The van der Waals surface area contributed by atoms with Crippen molar-refractivity contribution in [1.82, 2.24) is 4.98 Å². The number of rotatable bonds is 7.